The third kappa shape index (κ3) is 6.35. The summed E-state index contributed by atoms with van der Waals surface area (Å²) in [5, 5.41) is 0. The Balaban J connectivity index is 2.61. The molecule has 1 rings (SSSR count). The molecule has 6 heteroatoms. The van der Waals surface area contributed by atoms with Crippen LogP contribution in [0.4, 0.5) is 0 Å². The van der Waals surface area contributed by atoms with Gasteiger partial charge in [-0.1, -0.05) is 13.0 Å². The summed E-state index contributed by atoms with van der Waals surface area (Å²) in [7, 11) is -2.93. The highest BCUT2D eigenvalue weighted by atomic mass is 32.2. The van der Waals surface area contributed by atoms with Gasteiger partial charge in [-0.15, -0.1) is 0 Å². The zero-order chi connectivity index (χ0) is 15.7. The van der Waals surface area contributed by atoms with Gasteiger partial charge in [-0.3, -0.25) is 0 Å². The normalized spacial score (nSPS) is 11.4. The lowest BCUT2D eigenvalue weighted by molar-refractivity contribution is 0.277. The number of rotatable bonds is 10. The van der Waals surface area contributed by atoms with Crippen molar-refractivity contribution in [2.24, 2.45) is 5.73 Å². The summed E-state index contributed by atoms with van der Waals surface area (Å²) in [5.74, 6) is 1.65. The molecule has 1 aromatic carbocycles. The molecule has 0 unspecified atom stereocenters. The van der Waals surface area contributed by atoms with Crippen LogP contribution >= 0.6 is 0 Å². The first-order valence-electron chi connectivity index (χ1n) is 7.31. The van der Waals surface area contributed by atoms with E-state index in [0.717, 1.165) is 12.0 Å². The van der Waals surface area contributed by atoms with Crippen molar-refractivity contribution < 1.29 is 17.9 Å². The van der Waals surface area contributed by atoms with Crippen molar-refractivity contribution >= 4 is 9.84 Å². The van der Waals surface area contributed by atoms with Gasteiger partial charge < -0.3 is 15.2 Å². The fraction of sp³-hybridized carbons (Fsp3) is 0.600. The number of hydrogen-bond acceptors (Lipinski definition) is 5. The van der Waals surface area contributed by atoms with E-state index in [0.29, 0.717) is 37.7 Å². The van der Waals surface area contributed by atoms with Crippen LogP contribution in [-0.4, -0.2) is 39.7 Å². The Hall–Kier alpha value is -1.27. The first kappa shape index (κ1) is 17.8. The molecule has 1 aromatic rings. The van der Waals surface area contributed by atoms with E-state index >= 15 is 0 Å². The molecular weight excluding hydrogens is 290 g/mol. The standard InChI is InChI=1S/C15H25NO4S/c1-3-19-15-12-13(8-9-16)6-7-14(15)20-10-5-11-21(17,18)4-2/h6-7,12H,3-5,8-11,16H2,1-2H3. The lowest BCUT2D eigenvalue weighted by Gasteiger charge is -2.13. The summed E-state index contributed by atoms with van der Waals surface area (Å²) in [4.78, 5) is 0. The molecule has 0 amide bonds. The van der Waals surface area contributed by atoms with E-state index in [2.05, 4.69) is 0 Å². The minimum Gasteiger partial charge on any atom is -0.490 e. The van der Waals surface area contributed by atoms with E-state index in [9.17, 15) is 8.42 Å². The summed E-state index contributed by atoms with van der Waals surface area (Å²) in [6, 6.07) is 5.73. The second-order valence-electron chi connectivity index (χ2n) is 4.69. The van der Waals surface area contributed by atoms with Gasteiger partial charge in [0.25, 0.3) is 0 Å². The Morgan fingerprint density at radius 2 is 1.90 bits per heavy atom. The van der Waals surface area contributed by atoms with Crippen molar-refractivity contribution in [1.29, 1.82) is 0 Å². The topological polar surface area (TPSA) is 78.6 Å². The van der Waals surface area contributed by atoms with Crippen LogP contribution in [0.25, 0.3) is 0 Å². The van der Waals surface area contributed by atoms with Gasteiger partial charge in [0.1, 0.15) is 9.84 Å². The number of hydrogen-bond donors (Lipinski definition) is 1. The molecule has 120 valence electrons. The van der Waals surface area contributed by atoms with Crippen LogP contribution in [-0.2, 0) is 16.3 Å². The first-order valence-corrected chi connectivity index (χ1v) is 9.13. The molecule has 0 atom stereocenters. The molecule has 21 heavy (non-hydrogen) atoms. The van der Waals surface area contributed by atoms with Crippen LogP contribution in [0.1, 0.15) is 25.8 Å². The van der Waals surface area contributed by atoms with Crippen LogP contribution in [0.15, 0.2) is 18.2 Å². The maximum atomic E-state index is 11.4. The molecule has 0 saturated carbocycles. The quantitative estimate of drug-likeness (QED) is 0.666. The predicted octanol–water partition coefficient (Wildman–Crippen LogP) is 1.79. The average molecular weight is 315 g/mol. The van der Waals surface area contributed by atoms with Crippen LogP contribution in [0.3, 0.4) is 0 Å². The summed E-state index contributed by atoms with van der Waals surface area (Å²) in [6.45, 7) is 5.05. The molecule has 0 heterocycles. The molecule has 0 radical (unpaired) electrons. The fourth-order valence-corrected chi connectivity index (χ4v) is 2.71. The van der Waals surface area contributed by atoms with E-state index in [-0.39, 0.29) is 11.5 Å². The van der Waals surface area contributed by atoms with Gasteiger partial charge >= 0.3 is 0 Å². The van der Waals surface area contributed by atoms with Gasteiger partial charge in [0.2, 0.25) is 0 Å². The van der Waals surface area contributed by atoms with E-state index in [1.54, 1.807) is 6.92 Å². The summed E-state index contributed by atoms with van der Waals surface area (Å²) in [6.07, 6.45) is 1.27. The third-order valence-electron chi connectivity index (χ3n) is 3.04. The highest BCUT2D eigenvalue weighted by molar-refractivity contribution is 7.91. The summed E-state index contributed by atoms with van der Waals surface area (Å²) < 4.78 is 34.0. The molecule has 2 N–H and O–H groups in total. The molecule has 0 saturated heterocycles. The van der Waals surface area contributed by atoms with Crippen molar-refractivity contribution in [2.45, 2.75) is 26.7 Å². The smallest absolute Gasteiger partial charge is 0.161 e. The average Bonchev–Trinajstić information content (AvgIpc) is 2.46. The molecular formula is C15H25NO4S. The van der Waals surface area contributed by atoms with E-state index < -0.39 is 9.84 Å². The number of benzene rings is 1. The Bertz CT molecular complexity index is 528. The SMILES string of the molecule is CCOc1cc(CCN)ccc1OCCCS(=O)(=O)CC. The van der Waals surface area contributed by atoms with Gasteiger partial charge in [-0.05, 0) is 44.0 Å². The van der Waals surface area contributed by atoms with Crippen LogP contribution in [0, 0.1) is 0 Å². The number of nitrogens with two attached hydrogens (primary N) is 1. The zero-order valence-electron chi connectivity index (χ0n) is 12.8. The van der Waals surface area contributed by atoms with Crippen LogP contribution < -0.4 is 15.2 Å². The Kier molecular flexibility index (Phi) is 7.53. The van der Waals surface area contributed by atoms with E-state index in [1.807, 2.05) is 25.1 Å². The maximum absolute atomic E-state index is 11.4. The minimum atomic E-state index is -2.93. The Morgan fingerprint density at radius 3 is 2.52 bits per heavy atom. The molecule has 0 aliphatic rings. The second-order valence-corrected chi connectivity index (χ2v) is 7.16. The van der Waals surface area contributed by atoms with Crippen molar-refractivity contribution in [3.63, 3.8) is 0 Å². The van der Waals surface area contributed by atoms with Crippen molar-refractivity contribution in [2.75, 3.05) is 31.3 Å². The van der Waals surface area contributed by atoms with Gasteiger partial charge in [0.15, 0.2) is 11.5 Å². The largest absolute Gasteiger partial charge is 0.490 e. The molecule has 0 spiro atoms. The third-order valence-corrected chi connectivity index (χ3v) is 4.83. The van der Waals surface area contributed by atoms with Crippen molar-refractivity contribution in [3.8, 4) is 11.5 Å². The van der Waals surface area contributed by atoms with E-state index in [4.69, 9.17) is 15.2 Å². The monoisotopic (exact) mass is 315 g/mol. The Labute approximate surface area is 127 Å². The molecule has 0 bridgehead atoms. The number of sulfone groups is 1. The zero-order valence-corrected chi connectivity index (χ0v) is 13.6. The molecule has 5 nitrogen and oxygen atoms in total. The maximum Gasteiger partial charge on any atom is 0.161 e. The fourth-order valence-electron chi connectivity index (χ4n) is 1.87. The molecule has 0 aromatic heterocycles. The molecule has 0 aliphatic carbocycles. The van der Waals surface area contributed by atoms with Gasteiger partial charge in [0.05, 0.1) is 19.0 Å². The minimum absolute atomic E-state index is 0.152. The van der Waals surface area contributed by atoms with E-state index in [1.165, 1.54) is 0 Å². The summed E-state index contributed by atoms with van der Waals surface area (Å²) in [5.41, 5.74) is 6.64. The summed E-state index contributed by atoms with van der Waals surface area (Å²) >= 11 is 0. The van der Waals surface area contributed by atoms with Crippen LogP contribution in [0.5, 0.6) is 11.5 Å². The highest BCUT2D eigenvalue weighted by Crippen LogP contribution is 2.28. The number of ether oxygens (including phenoxy) is 2. The second kappa shape index (κ2) is 8.89. The highest BCUT2D eigenvalue weighted by Gasteiger charge is 2.09. The van der Waals surface area contributed by atoms with Gasteiger partial charge in [-0.2, -0.15) is 0 Å². The van der Waals surface area contributed by atoms with Gasteiger partial charge in [-0.25, -0.2) is 8.42 Å². The first-order chi connectivity index (χ1) is 10.0. The van der Waals surface area contributed by atoms with Crippen molar-refractivity contribution in [1.82, 2.24) is 0 Å². The van der Waals surface area contributed by atoms with Crippen molar-refractivity contribution in [3.05, 3.63) is 23.8 Å². The molecule has 0 fully saturated rings. The predicted molar refractivity (Wildman–Crippen MR) is 84.8 cm³/mol. The van der Waals surface area contributed by atoms with Gasteiger partial charge in [0, 0.05) is 5.75 Å². The van der Waals surface area contributed by atoms with Crippen LogP contribution in [0.2, 0.25) is 0 Å². The lowest BCUT2D eigenvalue weighted by atomic mass is 10.1. The molecule has 0 aliphatic heterocycles. The Morgan fingerprint density at radius 1 is 1.14 bits per heavy atom. The lowest BCUT2D eigenvalue weighted by Crippen LogP contribution is -2.12.